The van der Waals surface area contributed by atoms with Crippen LogP contribution in [0.1, 0.15) is 32.6 Å². The molecule has 2 rings (SSSR count). The van der Waals surface area contributed by atoms with E-state index in [0.717, 1.165) is 18.5 Å². The van der Waals surface area contributed by atoms with Crippen molar-refractivity contribution in [2.75, 3.05) is 24.6 Å². The number of hydrogen-bond donors (Lipinski definition) is 1. The van der Waals surface area contributed by atoms with Crippen LogP contribution in [0.15, 0.2) is 0 Å². The molecule has 2 N–H and O–H groups in total. The summed E-state index contributed by atoms with van der Waals surface area (Å²) in [4.78, 5) is 2.72. The van der Waals surface area contributed by atoms with Crippen LogP contribution in [-0.4, -0.2) is 41.6 Å². The van der Waals surface area contributed by atoms with Crippen molar-refractivity contribution in [3.8, 4) is 0 Å². The Morgan fingerprint density at radius 3 is 2.93 bits per heavy atom. The highest BCUT2D eigenvalue weighted by Crippen LogP contribution is 2.32. The van der Waals surface area contributed by atoms with Crippen LogP contribution in [-0.2, 0) is 0 Å². The number of nitrogens with two attached hydrogens (primary N) is 1. The van der Waals surface area contributed by atoms with Crippen LogP contribution in [0, 0.1) is 5.92 Å². The van der Waals surface area contributed by atoms with Gasteiger partial charge < -0.3 is 5.73 Å². The highest BCUT2D eigenvalue weighted by Gasteiger charge is 2.34. The van der Waals surface area contributed by atoms with Gasteiger partial charge >= 0.3 is 0 Å². The van der Waals surface area contributed by atoms with Gasteiger partial charge in [0.05, 0.1) is 0 Å². The molecule has 2 aliphatic rings. The second-order valence-corrected chi connectivity index (χ2v) is 6.02. The summed E-state index contributed by atoms with van der Waals surface area (Å²) in [5, 5.41) is 0. The monoisotopic (exact) mass is 228 g/mol. The van der Waals surface area contributed by atoms with E-state index >= 15 is 0 Å². The summed E-state index contributed by atoms with van der Waals surface area (Å²) in [5.74, 6) is 3.56. The molecule has 0 aromatic carbocycles. The predicted molar refractivity (Wildman–Crippen MR) is 68.3 cm³/mol. The van der Waals surface area contributed by atoms with E-state index < -0.39 is 0 Å². The van der Waals surface area contributed by atoms with Crippen LogP contribution in [0.4, 0.5) is 0 Å². The summed E-state index contributed by atoms with van der Waals surface area (Å²) >= 11 is 2.11. The molecule has 0 aliphatic carbocycles. The Morgan fingerprint density at radius 1 is 1.47 bits per heavy atom. The molecule has 0 saturated carbocycles. The van der Waals surface area contributed by atoms with Gasteiger partial charge in [0, 0.05) is 18.6 Å². The standard InChI is InChI=1S/C12H24N2S/c1-2-11-4-3-6-14(11)12(8-13)10-5-7-15-9-10/h10-12H,2-9,13H2,1H3. The predicted octanol–water partition coefficient (Wildman–Crippen LogP) is 1.94. The summed E-state index contributed by atoms with van der Waals surface area (Å²) in [5.41, 5.74) is 6.00. The lowest BCUT2D eigenvalue weighted by molar-refractivity contribution is 0.138. The molecule has 0 aromatic rings. The van der Waals surface area contributed by atoms with E-state index in [-0.39, 0.29) is 0 Å². The maximum Gasteiger partial charge on any atom is 0.0257 e. The van der Waals surface area contributed by atoms with E-state index in [9.17, 15) is 0 Å². The van der Waals surface area contributed by atoms with E-state index in [1.54, 1.807) is 0 Å². The molecule has 2 saturated heterocycles. The highest BCUT2D eigenvalue weighted by molar-refractivity contribution is 7.99. The van der Waals surface area contributed by atoms with Gasteiger partial charge in [0.15, 0.2) is 0 Å². The second-order valence-electron chi connectivity index (χ2n) is 4.87. The average molecular weight is 228 g/mol. The van der Waals surface area contributed by atoms with Gasteiger partial charge in [-0.1, -0.05) is 6.92 Å². The SMILES string of the molecule is CCC1CCCN1C(CN)C1CCSC1. The number of thioether (sulfide) groups is 1. The molecule has 2 fully saturated rings. The Bertz CT molecular complexity index is 192. The molecule has 3 heteroatoms. The third-order valence-electron chi connectivity index (χ3n) is 4.07. The summed E-state index contributed by atoms with van der Waals surface area (Å²) in [6.07, 6.45) is 5.47. The molecule has 0 bridgehead atoms. The van der Waals surface area contributed by atoms with Crippen molar-refractivity contribution in [3.63, 3.8) is 0 Å². The second kappa shape index (κ2) is 5.55. The minimum Gasteiger partial charge on any atom is -0.329 e. The van der Waals surface area contributed by atoms with Crippen LogP contribution in [0.5, 0.6) is 0 Å². The fourth-order valence-electron chi connectivity index (χ4n) is 3.19. The minimum absolute atomic E-state index is 0.674. The highest BCUT2D eigenvalue weighted by atomic mass is 32.2. The lowest BCUT2D eigenvalue weighted by Crippen LogP contribution is -2.47. The Morgan fingerprint density at radius 2 is 2.33 bits per heavy atom. The Balaban J connectivity index is 1.98. The molecular weight excluding hydrogens is 204 g/mol. The zero-order chi connectivity index (χ0) is 10.7. The minimum atomic E-state index is 0.674. The number of likely N-dealkylation sites (tertiary alicyclic amines) is 1. The lowest BCUT2D eigenvalue weighted by atomic mass is 9.96. The molecule has 0 aromatic heterocycles. The van der Waals surface area contributed by atoms with Crippen LogP contribution in [0.3, 0.4) is 0 Å². The van der Waals surface area contributed by atoms with Gasteiger partial charge in [0.1, 0.15) is 0 Å². The summed E-state index contributed by atoms with van der Waals surface area (Å²) < 4.78 is 0. The van der Waals surface area contributed by atoms with E-state index in [1.165, 1.54) is 43.7 Å². The van der Waals surface area contributed by atoms with Crippen molar-refractivity contribution in [3.05, 3.63) is 0 Å². The van der Waals surface area contributed by atoms with Gasteiger partial charge in [-0.3, -0.25) is 4.90 Å². The first-order chi connectivity index (χ1) is 7.36. The largest absolute Gasteiger partial charge is 0.329 e. The van der Waals surface area contributed by atoms with Gasteiger partial charge in [-0.2, -0.15) is 11.8 Å². The molecule has 88 valence electrons. The zero-order valence-electron chi connectivity index (χ0n) is 9.82. The first kappa shape index (κ1) is 11.7. The average Bonchev–Trinajstić information content (AvgIpc) is 2.89. The number of hydrogen-bond acceptors (Lipinski definition) is 3. The third-order valence-corrected chi connectivity index (χ3v) is 5.26. The molecule has 2 aliphatic heterocycles. The maximum absolute atomic E-state index is 6.00. The van der Waals surface area contributed by atoms with Crippen LogP contribution in [0.25, 0.3) is 0 Å². The Kier molecular flexibility index (Phi) is 4.35. The first-order valence-corrected chi connectivity index (χ1v) is 7.55. The van der Waals surface area contributed by atoms with Crippen molar-refractivity contribution in [2.45, 2.75) is 44.7 Å². The smallest absolute Gasteiger partial charge is 0.0257 e. The van der Waals surface area contributed by atoms with Crippen LogP contribution >= 0.6 is 11.8 Å². The van der Waals surface area contributed by atoms with Crippen molar-refractivity contribution in [1.82, 2.24) is 4.90 Å². The summed E-state index contributed by atoms with van der Waals surface area (Å²) in [6.45, 7) is 4.48. The maximum atomic E-state index is 6.00. The number of rotatable bonds is 4. The summed E-state index contributed by atoms with van der Waals surface area (Å²) in [6, 6.07) is 1.50. The molecule has 0 radical (unpaired) electrons. The van der Waals surface area contributed by atoms with E-state index in [2.05, 4.69) is 23.6 Å². The quantitative estimate of drug-likeness (QED) is 0.797. The zero-order valence-corrected chi connectivity index (χ0v) is 10.6. The fourth-order valence-corrected chi connectivity index (χ4v) is 4.52. The van der Waals surface area contributed by atoms with Gasteiger partial charge in [-0.15, -0.1) is 0 Å². The van der Waals surface area contributed by atoms with Gasteiger partial charge in [0.2, 0.25) is 0 Å². The van der Waals surface area contributed by atoms with Crippen LogP contribution in [0.2, 0.25) is 0 Å². The molecule has 3 unspecified atom stereocenters. The summed E-state index contributed by atoms with van der Waals surface area (Å²) in [7, 11) is 0. The fraction of sp³-hybridized carbons (Fsp3) is 1.00. The van der Waals surface area contributed by atoms with Gasteiger partial charge in [0.25, 0.3) is 0 Å². The molecular formula is C12H24N2S. The topological polar surface area (TPSA) is 29.3 Å². The lowest BCUT2D eigenvalue weighted by Gasteiger charge is -2.35. The van der Waals surface area contributed by atoms with E-state index in [1.807, 2.05) is 0 Å². The van der Waals surface area contributed by atoms with Gasteiger partial charge in [-0.25, -0.2) is 0 Å². The van der Waals surface area contributed by atoms with Crippen molar-refractivity contribution >= 4 is 11.8 Å². The normalized spacial score (nSPS) is 34.8. The van der Waals surface area contributed by atoms with Crippen molar-refractivity contribution in [1.29, 1.82) is 0 Å². The van der Waals surface area contributed by atoms with Crippen molar-refractivity contribution in [2.24, 2.45) is 11.7 Å². The van der Waals surface area contributed by atoms with Crippen molar-refractivity contribution < 1.29 is 0 Å². The van der Waals surface area contributed by atoms with Crippen LogP contribution < -0.4 is 5.73 Å². The molecule has 0 amide bonds. The molecule has 15 heavy (non-hydrogen) atoms. The molecule has 0 spiro atoms. The molecule has 3 atom stereocenters. The molecule has 2 nitrogen and oxygen atoms in total. The molecule has 2 heterocycles. The van der Waals surface area contributed by atoms with Gasteiger partial charge in [-0.05, 0) is 49.7 Å². The van der Waals surface area contributed by atoms with E-state index in [0.29, 0.717) is 6.04 Å². The van der Waals surface area contributed by atoms with E-state index in [4.69, 9.17) is 5.73 Å². The number of nitrogens with zero attached hydrogens (tertiary/aromatic N) is 1. The third kappa shape index (κ3) is 2.51. The first-order valence-electron chi connectivity index (χ1n) is 6.40. The Hall–Kier alpha value is 0.270. The Labute approximate surface area is 98.0 Å².